The van der Waals surface area contributed by atoms with Gasteiger partial charge in [0.2, 0.25) is 5.91 Å². The van der Waals surface area contributed by atoms with Crippen LogP contribution in [0.2, 0.25) is 0 Å². The molecule has 0 atom stereocenters. The van der Waals surface area contributed by atoms with Crippen molar-refractivity contribution in [1.82, 2.24) is 14.8 Å². The minimum Gasteiger partial charge on any atom is -0.325 e. The number of carbonyl (C=O) groups is 2. The first-order valence-electron chi connectivity index (χ1n) is 10.5. The quantitative estimate of drug-likeness (QED) is 0.367. The van der Waals surface area contributed by atoms with E-state index in [-0.39, 0.29) is 11.7 Å². The van der Waals surface area contributed by atoms with E-state index in [1.807, 2.05) is 42.7 Å². The molecule has 172 valence electrons. The molecule has 2 N–H and O–H groups in total. The molecule has 0 spiro atoms. The summed E-state index contributed by atoms with van der Waals surface area (Å²) in [6.45, 7) is 3.86. The lowest BCUT2D eigenvalue weighted by molar-refractivity contribution is -0.113. The number of para-hydroxylation sites is 2. The van der Waals surface area contributed by atoms with Gasteiger partial charge in [-0.05, 0) is 61.9 Å². The lowest BCUT2D eigenvalue weighted by Gasteiger charge is -2.12. The third kappa shape index (κ3) is 5.32. The summed E-state index contributed by atoms with van der Waals surface area (Å²) >= 11 is 1.26. The van der Waals surface area contributed by atoms with E-state index in [1.54, 1.807) is 24.3 Å². The highest BCUT2D eigenvalue weighted by atomic mass is 32.2. The van der Waals surface area contributed by atoms with Crippen LogP contribution >= 0.6 is 11.8 Å². The number of amides is 2. The van der Waals surface area contributed by atoms with Crippen molar-refractivity contribution in [2.24, 2.45) is 0 Å². The van der Waals surface area contributed by atoms with Crippen LogP contribution in [0, 0.1) is 19.7 Å². The maximum atomic E-state index is 13.1. The van der Waals surface area contributed by atoms with Gasteiger partial charge >= 0.3 is 0 Å². The van der Waals surface area contributed by atoms with Crippen molar-refractivity contribution in [2.75, 3.05) is 16.4 Å². The molecule has 1 aromatic heterocycles. The average molecular weight is 476 g/mol. The Kier molecular flexibility index (Phi) is 7.03. The maximum Gasteiger partial charge on any atom is 0.257 e. The highest BCUT2D eigenvalue weighted by molar-refractivity contribution is 7.99. The van der Waals surface area contributed by atoms with Crippen molar-refractivity contribution in [3.8, 4) is 5.69 Å². The van der Waals surface area contributed by atoms with Crippen LogP contribution in [0.4, 0.5) is 15.8 Å². The predicted molar refractivity (Wildman–Crippen MR) is 131 cm³/mol. The third-order valence-corrected chi connectivity index (χ3v) is 5.96. The van der Waals surface area contributed by atoms with E-state index >= 15 is 0 Å². The fourth-order valence-corrected chi connectivity index (χ4v) is 4.16. The minimum absolute atomic E-state index is 0.0813. The highest BCUT2D eigenvalue weighted by Crippen LogP contribution is 2.24. The van der Waals surface area contributed by atoms with Gasteiger partial charge in [0.05, 0.1) is 22.7 Å². The van der Waals surface area contributed by atoms with Crippen molar-refractivity contribution in [3.63, 3.8) is 0 Å². The first kappa shape index (κ1) is 23.2. The first-order chi connectivity index (χ1) is 16.4. The molecule has 9 heteroatoms. The molecule has 0 saturated carbocycles. The molecular formula is C25H22FN5O2S. The van der Waals surface area contributed by atoms with E-state index in [1.165, 1.54) is 36.0 Å². The monoisotopic (exact) mass is 475 g/mol. The number of rotatable bonds is 7. The molecule has 4 aromatic rings. The molecule has 3 aromatic carbocycles. The fourth-order valence-electron chi connectivity index (χ4n) is 3.37. The van der Waals surface area contributed by atoms with E-state index in [0.717, 1.165) is 17.1 Å². The van der Waals surface area contributed by atoms with Crippen molar-refractivity contribution in [3.05, 3.63) is 95.6 Å². The fraction of sp³-hybridized carbons (Fsp3) is 0.120. The summed E-state index contributed by atoms with van der Waals surface area (Å²) in [5.74, 6) is -0.288. The molecule has 0 radical (unpaired) electrons. The lowest BCUT2D eigenvalue weighted by Crippen LogP contribution is -2.19. The van der Waals surface area contributed by atoms with Gasteiger partial charge in [-0.1, -0.05) is 42.1 Å². The van der Waals surface area contributed by atoms with Gasteiger partial charge in [0.15, 0.2) is 5.16 Å². The minimum atomic E-state index is -0.412. The van der Waals surface area contributed by atoms with Gasteiger partial charge in [-0.2, -0.15) is 0 Å². The second-order valence-electron chi connectivity index (χ2n) is 7.50. The Balaban J connectivity index is 1.44. The lowest BCUT2D eigenvalue weighted by atomic mass is 10.1. The van der Waals surface area contributed by atoms with E-state index in [9.17, 15) is 14.0 Å². The van der Waals surface area contributed by atoms with Gasteiger partial charge in [0.1, 0.15) is 11.6 Å². The number of aromatic nitrogens is 3. The van der Waals surface area contributed by atoms with Crippen LogP contribution in [0.15, 0.2) is 78.0 Å². The van der Waals surface area contributed by atoms with Crippen LogP contribution in [0.3, 0.4) is 0 Å². The van der Waals surface area contributed by atoms with Crippen LogP contribution in [-0.2, 0) is 4.79 Å². The molecule has 34 heavy (non-hydrogen) atoms. The number of anilines is 2. The van der Waals surface area contributed by atoms with E-state index < -0.39 is 11.7 Å². The Labute approximate surface area is 200 Å². The number of hydrogen-bond acceptors (Lipinski definition) is 5. The number of nitrogens with one attached hydrogen (secondary N) is 2. The van der Waals surface area contributed by atoms with Crippen molar-refractivity contribution in [2.45, 2.75) is 19.0 Å². The zero-order valence-corrected chi connectivity index (χ0v) is 19.4. The number of benzene rings is 3. The van der Waals surface area contributed by atoms with Crippen LogP contribution in [-0.4, -0.2) is 32.3 Å². The average Bonchev–Trinajstić information content (AvgIpc) is 3.20. The molecule has 0 aliphatic carbocycles. The Morgan fingerprint density at radius 2 is 1.62 bits per heavy atom. The molecular weight excluding hydrogens is 453 g/mol. The summed E-state index contributed by atoms with van der Waals surface area (Å²) in [4.78, 5) is 25.4. The molecule has 0 aliphatic heterocycles. The summed E-state index contributed by atoms with van der Waals surface area (Å²) in [5, 5.41) is 14.5. The SMILES string of the molecule is Cc1ccccc1-n1c(C)nnc1SCC(=O)Nc1ccccc1C(=O)Nc1ccc(F)cc1. The molecule has 0 bridgehead atoms. The van der Waals surface area contributed by atoms with E-state index in [4.69, 9.17) is 0 Å². The van der Waals surface area contributed by atoms with Crippen molar-refractivity contribution >= 4 is 35.0 Å². The Morgan fingerprint density at radius 3 is 2.38 bits per heavy atom. The summed E-state index contributed by atoms with van der Waals surface area (Å²) in [7, 11) is 0. The zero-order chi connectivity index (χ0) is 24.1. The van der Waals surface area contributed by atoms with Gasteiger partial charge in [0.25, 0.3) is 5.91 Å². The molecule has 1 heterocycles. The van der Waals surface area contributed by atoms with Crippen LogP contribution < -0.4 is 10.6 Å². The smallest absolute Gasteiger partial charge is 0.257 e. The summed E-state index contributed by atoms with van der Waals surface area (Å²) in [6.07, 6.45) is 0. The molecule has 2 amide bonds. The van der Waals surface area contributed by atoms with Crippen molar-refractivity contribution < 1.29 is 14.0 Å². The number of aryl methyl sites for hydroxylation is 2. The number of nitrogens with zero attached hydrogens (tertiary/aromatic N) is 3. The largest absolute Gasteiger partial charge is 0.325 e. The van der Waals surface area contributed by atoms with Gasteiger partial charge in [-0.25, -0.2) is 4.39 Å². The number of carbonyl (C=O) groups excluding carboxylic acids is 2. The topological polar surface area (TPSA) is 88.9 Å². The maximum absolute atomic E-state index is 13.1. The number of halogens is 1. The zero-order valence-electron chi connectivity index (χ0n) is 18.6. The predicted octanol–water partition coefficient (Wildman–Crippen LogP) is 5.01. The summed E-state index contributed by atoms with van der Waals surface area (Å²) < 4.78 is 15.0. The first-order valence-corrected chi connectivity index (χ1v) is 11.5. The standard InChI is InChI=1S/C25H22FN5O2S/c1-16-7-3-6-10-22(16)31-17(2)29-30-25(31)34-15-23(32)28-21-9-5-4-8-20(21)24(33)27-19-13-11-18(26)12-14-19/h3-14H,15H2,1-2H3,(H,27,33)(H,28,32). The third-order valence-electron chi connectivity index (χ3n) is 5.03. The molecule has 0 saturated heterocycles. The molecule has 0 fully saturated rings. The van der Waals surface area contributed by atoms with Crippen LogP contribution in [0.1, 0.15) is 21.7 Å². The summed E-state index contributed by atoms with van der Waals surface area (Å²) in [6, 6.07) is 20.1. The van der Waals surface area contributed by atoms with Gasteiger partial charge in [0, 0.05) is 5.69 Å². The number of hydrogen-bond donors (Lipinski definition) is 2. The van der Waals surface area contributed by atoms with E-state index in [2.05, 4.69) is 20.8 Å². The van der Waals surface area contributed by atoms with Gasteiger partial charge in [-0.15, -0.1) is 10.2 Å². The Hall–Kier alpha value is -3.98. The normalized spacial score (nSPS) is 10.7. The van der Waals surface area contributed by atoms with Crippen LogP contribution in [0.25, 0.3) is 5.69 Å². The molecule has 0 aliphatic rings. The Bertz CT molecular complexity index is 1340. The van der Waals surface area contributed by atoms with Gasteiger partial charge < -0.3 is 10.6 Å². The second kappa shape index (κ2) is 10.3. The molecule has 4 rings (SSSR count). The Morgan fingerprint density at radius 1 is 0.912 bits per heavy atom. The van der Waals surface area contributed by atoms with Crippen LogP contribution in [0.5, 0.6) is 0 Å². The van der Waals surface area contributed by atoms with E-state index in [0.29, 0.717) is 22.1 Å². The second-order valence-corrected chi connectivity index (χ2v) is 8.44. The number of thioether (sulfide) groups is 1. The molecule has 7 nitrogen and oxygen atoms in total. The summed E-state index contributed by atoms with van der Waals surface area (Å²) in [5.41, 5.74) is 3.15. The van der Waals surface area contributed by atoms with Gasteiger partial charge in [-0.3, -0.25) is 14.2 Å². The highest BCUT2D eigenvalue weighted by Gasteiger charge is 2.17. The van der Waals surface area contributed by atoms with Crippen molar-refractivity contribution in [1.29, 1.82) is 0 Å². The molecule has 0 unspecified atom stereocenters.